The highest BCUT2D eigenvalue weighted by molar-refractivity contribution is 5.89. The SMILES string of the molecule is CN1C(=O)C=CC2(C)C3CC[C@@]4(C)[C@@H](C[C@@H](Cc5cccc(F)c5)[C@@H]4O)C3CCC12. The number of rotatable bonds is 2. The molecule has 1 aliphatic heterocycles. The Morgan fingerprint density at radius 1 is 1.20 bits per heavy atom. The molecule has 1 aromatic carbocycles. The van der Waals surface area contributed by atoms with Crippen LogP contribution in [0.3, 0.4) is 0 Å². The Morgan fingerprint density at radius 2 is 2.00 bits per heavy atom. The Morgan fingerprint density at radius 3 is 2.77 bits per heavy atom. The second kappa shape index (κ2) is 6.91. The molecule has 30 heavy (non-hydrogen) atoms. The van der Waals surface area contributed by atoms with Gasteiger partial charge in [-0.25, -0.2) is 4.39 Å². The largest absolute Gasteiger partial charge is 0.392 e. The van der Waals surface area contributed by atoms with E-state index in [9.17, 15) is 14.3 Å². The Bertz CT molecular complexity index is 884. The zero-order chi connectivity index (χ0) is 21.3. The van der Waals surface area contributed by atoms with Gasteiger partial charge in [0, 0.05) is 18.5 Å². The van der Waals surface area contributed by atoms with E-state index in [1.54, 1.807) is 18.2 Å². The molecule has 0 bridgehead atoms. The van der Waals surface area contributed by atoms with Crippen molar-refractivity contribution >= 4 is 5.91 Å². The molecule has 0 spiro atoms. The predicted molar refractivity (Wildman–Crippen MR) is 115 cm³/mol. The smallest absolute Gasteiger partial charge is 0.246 e. The third kappa shape index (κ3) is 2.82. The number of likely N-dealkylation sites (N-methyl/N-ethyl adjacent to an activating group) is 1. The van der Waals surface area contributed by atoms with Crippen molar-refractivity contribution in [3.8, 4) is 0 Å². The van der Waals surface area contributed by atoms with Gasteiger partial charge in [0.25, 0.3) is 0 Å². The fraction of sp³-hybridized carbons (Fsp3) is 0.654. The van der Waals surface area contributed by atoms with E-state index in [0.717, 1.165) is 44.1 Å². The minimum absolute atomic E-state index is 0.0263. The number of benzene rings is 1. The molecule has 3 saturated carbocycles. The molecule has 1 heterocycles. The van der Waals surface area contributed by atoms with Crippen molar-refractivity contribution in [2.45, 2.75) is 64.5 Å². The average molecular weight is 412 g/mol. The average Bonchev–Trinajstić information content (AvgIpc) is 2.96. The highest BCUT2D eigenvalue weighted by atomic mass is 19.1. The van der Waals surface area contributed by atoms with E-state index >= 15 is 0 Å². The van der Waals surface area contributed by atoms with Crippen LogP contribution in [0.1, 0.15) is 51.5 Å². The molecule has 8 atom stereocenters. The molecular formula is C26H34FNO2. The van der Waals surface area contributed by atoms with Crippen LogP contribution in [0.2, 0.25) is 0 Å². The number of fused-ring (bicyclic) bond motifs is 5. The maximum Gasteiger partial charge on any atom is 0.246 e. The van der Waals surface area contributed by atoms with Crippen LogP contribution in [-0.2, 0) is 11.2 Å². The molecule has 1 amide bonds. The van der Waals surface area contributed by atoms with Gasteiger partial charge in [0.05, 0.1) is 6.10 Å². The molecule has 0 aromatic heterocycles. The number of amides is 1. The van der Waals surface area contributed by atoms with Gasteiger partial charge in [-0.3, -0.25) is 4.79 Å². The highest BCUT2D eigenvalue weighted by Crippen LogP contribution is 2.65. The minimum Gasteiger partial charge on any atom is -0.392 e. The molecule has 162 valence electrons. The summed E-state index contributed by atoms with van der Waals surface area (Å²) < 4.78 is 13.7. The predicted octanol–water partition coefficient (Wildman–Crippen LogP) is 4.59. The summed E-state index contributed by atoms with van der Waals surface area (Å²) in [4.78, 5) is 14.2. The van der Waals surface area contributed by atoms with Gasteiger partial charge in [-0.1, -0.05) is 32.1 Å². The van der Waals surface area contributed by atoms with Crippen LogP contribution in [0.15, 0.2) is 36.4 Å². The molecule has 0 saturated heterocycles. The van der Waals surface area contributed by atoms with Gasteiger partial charge in [-0.15, -0.1) is 0 Å². The van der Waals surface area contributed by atoms with Crippen molar-refractivity contribution in [1.29, 1.82) is 0 Å². The number of halogens is 1. The lowest BCUT2D eigenvalue weighted by molar-refractivity contribution is -0.140. The first kappa shape index (κ1) is 20.2. The van der Waals surface area contributed by atoms with Crippen LogP contribution in [0.5, 0.6) is 0 Å². The molecular weight excluding hydrogens is 377 g/mol. The van der Waals surface area contributed by atoms with Gasteiger partial charge in [0.15, 0.2) is 0 Å². The third-order valence-corrected chi connectivity index (χ3v) is 9.63. The summed E-state index contributed by atoms with van der Waals surface area (Å²) >= 11 is 0. The van der Waals surface area contributed by atoms with Crippen LogP contribution < -0.4 is 0 Å². The van der Waals surface area contributed by atoms with Crippen molar-refractivity contribution in [1.82, 2.24) is 4.90 Å². The van der Waals surface area contributed by atoms with Crippen LogP contribution in [0.4, 0.5) is 4.39 Å². The van der Waals surface area contributed by atoms with Crippen molar-refractivity contribution in [3.05, 3.63) is 47.8 Å². The van der Waals surface area contributed by atoms with Crippen LogP contribution in [0.25, 0.3) is 0 Å². The van der Waals surface area contributed by atoms with E-state index in [4.69, 9.17) is 0 Å². The molecule has 1 N–H and O–H groups in total. The summed E-state index contributed by atoms with van der Waals surface area (Å²) in [5, 5.41) is 11.4. The van der Waals surface area contributed by atoms with Crippen LogP contribution in [-0.4, -0.2) is 35.1 Å². The van der Waals surface area contributed by atoms with E-state index in [1.807, 2.05) is 18.0 Å². The van der Waals surface area contributed by atoms with E-state index in [-0.39, 0.29) is 40.6 Å². The van der Waals surface area contributed by atoms with Gasteiger partial charge in [-0.05, 0) is 91.4 Å². The number of hydrogen-bond donors (Lipinski definition) is 1. The maximum atomic E-state index is 13.7. The summed E-state index contributed by atoms with van der Waals surface area (Å²) in [6.45, 7) is 4.65. The summed E-state index contributed by atoms with van der Waals surface area (Å²) in [6.07, 6.45) is 9.75. The molecule has 4 unspecified atom stereocenters. The first-order chi connectivity index (χ1) is 14.2. The third-order valence-electron chi connectivity index (χ3n) is 9.63. The van der Waals surface area contributed by atoms with Crippen molar-refractivity contribution in [2.75, 3.05) is 7.05 Å². The number of aliphatic hydroxyl groups excluding tert-OH is 1. The fourth-order valence-corrected chi connectivity index (χ4v) is 8.05. The van der Waals surface area contributed by atoms with Crippen molar-refractivity contribution in [2.24, 2.45) is 34.5 Å². The zero-order valence-corrected chi connectivity index (χ0v) is 18.4. The fourth-order valence-electron chi connectivity index (χ4n) is 8.05. The number of carbonyl (C=O) groups excluding carboxylic acids is 1. The molecule has 4 heteroatoms. The van der Waals surface area contributed by atoms with Gasteiger partial charge in [0.2, 0.25) is 5.91 Å². The van der Waals surface area contributed by atoms with Gasteiger partial charge < -0.3 is 10.0 Å². The Hall–Kier alpha value is -1.68. The summed E-state index contributed by atoms with van der Waals surface area (Å²) in [5.41, 5.74) is 0.963. The Labute approximate surface area is 179 Å². The molecule has 3 aliphatic carbocycles. The van der Waals surface area contributed by atoms with Crippen LogP contribution >= 0.6 is 0 Å². The molecule has 3 nitrogen and oxygen atoms in total. The molecule has 4 aliphatic rings. The Kier molecular flexibility index (Phi) is 4.66. The van der Waals surface area contributed by atoms with E-state index in [1.165, 1.54) is 6.07 Å². The molecule has 5 rings (SSSR count). The van der Waals surface area contributed by atoms with Crippen molar-refractivity contribution in [3.63, 3.8) is 0 Å². The van der Waals surface area contributed by atoms with Crippen LogP contribution in [0, 0.1) is 40.3 Å². The number of nitrogens with zero attached hydrogens (tertiary/aromatic N) is 1. The van der Waals surface area contributed by atoms with E-state index < -0.39 is 0 Å². The minimum atomic E-state index is -0.330. The topological polar surface area (TPSA) is 40.5 Å². The number of carbonyl (C=O) groups is 1. The van der Waals surface area contributed by atoms with Gasteiger partial charge in [-0.2, -0.15) is 0 Å². The standard InChI is InChI=1S/C26H34FNO2/c1-25-12-10-23(29)28(3)22(25)8-7-19-20(25)9-11-26(2)21(19)15-17(24(26)30)13-16-5-4-6-18(27)14-16/h4-6,10,12,14,17,19-22,24,30H,7-9,11,13,15H2,1-3H3/t17-,19?,20?,21+,22?,24+,25?,26+/m1/s1. The summed E-state index contributed by atoms with van der Waals surface area (Å²) in [6, 6.07) is 7.14. The Balaban J connectivity index is 1.42. The van der Waals surface area contributed by atoms with Crippen molar-refractivity contribution < 1.29 is 14.3 Å². The molecule has 3 fully saturated rings. The van der Waals surface area contributed by atoms with E-state index in [2.05, 4.69) is 19.9 Å². The summed E-state index contributed by atoms with van der Waals surface area (Å²) in [5.74, 6) is 1.77. The molecule has 0 radical (unpaired) electrons. The summed E-state index contributed by atoms with van der Waals surface area (Å²) in [7, 11) is 1.95. The van der Waals surface area contributed by atoms with Gasteiger partial charge in [0.1, 0.15) is 5.82 Å². The highest BCUT2D eigenvalue weighted by Gasteiger charge is 2.62. The molecule has 1 aromatic rings. The zero-order valence-electron chi connectivity index (χ0n) is 18.4. The van der Waals surface area contributed by atoms with E-state index in [0.29, 0.717) is 17.8 Å². The number of aliphatic hydroxyl groups is 1. The maximum absolute atomic E-state index is 13.7. The second-order valence-electron chi connectivity index (χ2n) is 10.9. The monoisotopic (exact) mass is 411 g/mol. The normalized spacial score (nSPS) is 45.1. The quantitative estimate of drug-likeness (QED) is 0.773. The lowest BCUT2D eigenvalue weighted by atomic mass is 9.48. The first-order valence-corrected chi connectivity index (χ1v) is 11.6. The lowest BCUT2D eigenvalue weighted by Crippen LogP contribution is -2.59. The second-order valence-corrected chi connectivity index (χ2v) is 10.9. The van der Waals surface area contributed by atoms with Gasteiger partial charge >= 0.3 is 0 Å². The number of hydrogen-bond acceptors (Lipinski definition) is 2. The lowest BCUT2D eigenvalue weighted by Gasteiger charge is -2.60. The first-order valence-electron chi connectivity index (χ1n) is 11.6.